The van der Waals surface area contributed by atoms with E-state index in [2.05, 4.69) is 5.32 Å². The van der Waals surface area contributed by atoms with E-state index < -0.39 is 6.04 Å². The van der Waals surface area contributed by atoms with Crippen LogP contribution in [-0.4, -0.2) is 35.4 Å². The van der Waals surface area contributed by atoms with Crippen molar-refractivity contribution in [2.45, 2.75) is 52.7 Å². The molecule has 0 aliphatic carbocycles. The van der Waals surface area contributed by atoms with Gasteiger partial charge >= 0.3 is 0 Å². The number of amides is 2. The van der Waals surface area contributed by atoms with E-state index in [9.17, 15) is 9.59 Å². The van der Waals surface area contributed by atoms with Gasteiger partial charge in [-0.1, -0.05) is 54.9 Å². The maximum Gasteiger partial charge on any atom is 0.261 e. The number of ether oxygens (including phenoxy) is 1. The lowest BCUT2D eigenvalue weighted by Crippen LogP contribution is -2.50. The Morgan fingerprint density at radius 2 is 1.76 bits per heavy atom. The summed E-state index contributed by atoms with van der Waals surface area (Å²) in [5.41, 5.74) is 2.05. The minimum Gasteiger partial charge on any atom is -0.482 e. The highest BCUT2D eigenvalue weighted by Crippen LogP contribution is 2.23. The number of halogens is 1. The number of hydrogen-bond acceptors (Lipinski definition) is 3. The summed E-state index contributed by atoms with van der Waals surface area (Å²) in [5.74, 6) is -0.0194. The normalized spacial score (nSPS) is 12.7. The lowest BCUT2D eigenvalue weighted by atomic mass is 10.1. The van der Waals surface area contributed by atoms with Gasteiger partial charge in [0.05, 0.1) is 5.02 Å². The topological polar surface area (TPSA) is 58.6 Å². The molecule has 2 amide bonds. The third-order valence-corrected chi connectivity index (χ3v) is 5.27. The molecular weight excluding hydrogens is 388 g/mol. The number of nitrogens with one attached hydrogen (secondary N) is 1. The van der Waals surface area contributed by atoms with E-state index in [1.165, 1.54) is 0 Å². The van der Waals surface area contributed by atoms with E-state index >= 15 is 0 Å². The fourth-order valence-corrected chi connectivity index (χ4v) is 2.99. The SMILES string of the molecule is CC[C@H](C)NC(=O)[C@H](C)N(Cc1ccccc1C)C(=O)COc1ccccc1Cl. The Kier molecular flexibility index (Phi) is 8.52. The lowest BCUT2D eigenvalue weighted by molar-refractivity contribution is -0.142. The molecule has 1 N–H and O–H groups in total. The summed E-state index contributed by atoms with van der Waals surface area (Å²) >= 11 is 6.11. The van der Waals surface area contributed by atoms with Gasteiger partial charge in [0.1, 0.15) is 11.8 Å². The summed E-state index contributed by atoms with van der Waals surface area (Å²) in [6.07, 6.45) is 0.819. The van der Waals surface area contributed by atoms with Crippen LogP contribution >= 0.6 is 11.6 Å². The van der Waals surface area contributed by atoms with Gasteiger partial charge in [-0.2, -0.15) is 0 Å². The summed E-state index contributed by atoms with van der Waals surface area (Å²) < 4.78 is 5.62. The molecule has 0 aliphatic heterocycles. The monoisotopic (exact) mass is 416 g/mol. The molecule has 29 heavy (non-hydrogen) atoms. The van der Waals surface area contributed by atoms with Crippen molar-refractivity contribution in [2.24, 2.45) is 0 Å². The predicted octanol–water partition coefficient (Wildman–Crippen LogP) is 4.36. The molecule has 0 radical (unpaired) electrons. The van der Waals surface area contributed by atoms with Crippen molar-refractivity contribution >= 4 is 23.4 Å². The van der Waals surface area contributed by atoms with Crippen LogP contribution in [0.25, 0.3) is 0 Å². The largest absolute Gasteiger partial charge is 0.482 e. The van der Waals surface area contributed by atoms with Crippen molar-refractivity contribution in [2.75, 3.05) is 6.61 Å². The molecule has 0 saturated carbocycles. The molecule has 0 aliphatic rings. The van der Waals surface area contributed by atoms with E-state index in [0.29, 0.717) is 17.3 Å². The Morgan fingerprint density at radius 1 is 1.10 bits per heavy atom. The van der Waals surface area contributed by atoms with Crippen LogP contribution in [0.1, 0.15) is 38.3 Å². The molecule has 0 unspecified atom stereocenters. The Labute approximate surface area is 178 Å². The highest BCUT2D eigenvalue weighted by molar-refractivity contribution is 6.32. The Morgan fingerprint density at radius 3 is 2.41 bits per heavy atom. The summed E-state index contributed by atoms with van der Waals surface area (Å²) in [6.45, 7) is 7.80. The van der Waals surface area contributed by atoms with Crippen molar-refractivity contribution in [3.63, 3.8) is 0 Å². The van der Waals surface area contributed by atoms with Gasteiger partial charge in [-0.15, -0.1) is 0 Å². The van der Waals surface area contributed by atoms with Gasteiger partial charge in [-0.3, -0.25) is 9.59 Å². The molecule has 0 bridgehead atoms. The second kappa shape index (κ2) is 10.9. The number of nitrogens with zero attached hydrogens (tertiary/aromatic N) is 1. The summed E-state index contributed by atoms with van der Waals surface area (Å²) in [6, 6.07) is 14.2. The quantitative estimate of drug-likeness (QED) is 0.660. The fourth-order valence-electron chi connectivity index (χ4n) is 2.80. The van der Waals surface area contributed by atoms with Gasteiger partial charge in [0.15, 0.2) is 6.61 Å². The summed E-state index contributed by atoms with van der Waals surface area (Å²) in [7, 11) is 0. The summed E-state index contributed by atoms with van der Waals surface area (Å²) in [4.78, 5) is 27.3. The number of benzene rings is 2. The van der Waals surface area contributed by atoms with Crippen LogP contribution in [0, 0.1) is 6.92 Å². The summed E-state index contributed by atoms with van der Waals surface area (Å²) in [5, 5.41) is 3.39. The first-order valence-corrected chi connectivity index (χ1v) is 10.2. The molecule has 2 atom stereocenters. The molecular formula is C23H29ClN2O3. The zero-order chi connectivity index (χ0) is 21.4. The molecule has 2 aromatic carbocycles. The average Bonchev–Trinajstić information content (AvgIpc) is 2.71. The van der Waals surface area contributed by atoms with Crippen LogP contribution < -0.4 is 10.1 Å². The second-order valence-corrected chi connectivity index (χ2v) is 7.57. The maximum absolute atomic E-state index is 13.0. The van der Waals surface area contributed by atoms with Crippen LogP contribution in [0.5, 0.6) is 5.75 Å². The molecule has 5 nitrogen and oxygen atoms in total. The molecule has 0 saturated heterocycles. The first kappa shape index (κ1) is 22.8. The van der Waals surface area contributed by atoms with E-state index in [-0.39, 0.29) is 24.5 Å². The van der Waals surface area contributed by atoms with E-state index in [4.69, 9.17) is 16.3 Å². The number of aryl methyl sites for hydroxylation is 1. The number of carbonyl (C=O) groups excluding carboxylic acids is 2. The van der Waals surface area contributed by atoms with Crippen LogP contribution in [0.2, 0.25) is 5.02 Å². The van der Waals surface area contributed by atoms with Crippen molar-refractivity contribution in [1.29, 1.82) is 0 Å². The van der Waals surface area contributed by atoms with Crippen LogP contribution in [0.15, 0.2) is 48.5 Å². The minimum atomic E-state index is -0.633. The Bertz CT molecular complexity index is 840. The fraction of sp³-hybridized carbons (Fsp3) is 0.391. The first-order valence-electron chi connectivity index (χ1n) is 9.85. The van der Waals surface area contributed by atoms with Crippen molar-refractivity contribution in [3.8, 4) is 5.75 Å². The molecule has 0 aromatic heterocycles. The van der Waals surface area contributed by atoms with E-state index in [1.54, 1.807) is 36.1 Å². The van der Waals surface area contributed by atoms with Gasteiger partial charge < -0.3 is 15.0 Å². The highest BCUT2D eigenvalue weighted by Gasteiger charge is 2.27. The average molecular weight is 417 g/mol. The smallest absolute Gasteiger partial charge is 0.261 e. The maximum atomic E-state index is 13.0. The third-order valence-electron chi connectivity index (χ3n) is 4.96. The van der Waals surface area contributed by atoms with Crippen LogP contribution in [0.4, 0.5) is 0 Å². The number of hydrogen-bond donors (Lipinski definition) is 1. The van der Waals surface area contributed by atoms with E-state index in [1.807, 2.05) is 45.0 Å². The first-order chi connectivity index (χ1) is 13.8. The Hall–Kier alpha value is -2.53. The molecule has 156 valence electrons. The van der Waals surface area contributed by atoms with Gasteiger partial charge in [-0.25, -0.2) is 0 Å². The standard InChI is InChI=1S/C23H29ClN2O3/c1-5-17(3)25-23(28)18(4)26(14-19-11-7-6-10-16(19)2)22(27)15-29-21-13-9-8-12-20(21)24/h6-13,17-18H,5,14-15H2,1-4H3,(H,25,28)/t17-,18-/m0/s1. The third kappa shape index (κ3) is 6.50. The molecule has 0 heterocycles. The molecule has 0 fully saturated rings. The highest BCUT2D eigenvalue weighted by atomic mass is 35.5. The zero-order valence-electron chi connectivity index (χ0n) is 17.4. The number of carbonyl (C=O) groups is 2. The van der Waals surface area contributed by atoms with E-state index in [0.717, 1.165) is 17.5 Å². The van der Waals surface area contributed by atoms with Crippen molar-refractivity contribution in [3.05, 3.63) is 64.7 Å². The van der Waals surface area contributed by atoms with Gasteiger partial charge in [0.25, 0.3) is 5.91 Å². The van der Waals surface area contributed by atoms with Gasteiger partial charge in [0, 0.05) is 12.6 Å². The molecule has 0 spiro atoms. The number of para-hydroxylation sites is 1. The number of rotatable bonds is 9. The predicted molar refractivity (Wildman–Crippen MR) is 116 cm³/mol. The van der Waals surface area contributed by atoms with Crippen LogP contribution in [-0.2, 0) is 16.1 Å². The van der Waals surface area contributed by atoms with Crippen molar-refractivity contribution in [1.82, 2.24) is 10.2 Å². The minimum absolute atomic E-state index is 0.0414. The van der Waals surface area contributed by atoms with Crippen molar-refractivity contribution < 1.29 is 14.3 Å². The van der Waals surface area contributed by atoms with Gasteiger partial charge in [-0.05, 0) is 50.5 Å². The Balaban J connectivity index is 2.18. The lowest BCUT2D eigenvalue weighted by Gasteiger charge is -2.30. The van der Waals surface area contributed by atoms with Gasteiger partial charge in [0.2, 0.25) is 5.91 Å². The zero-order valence-corrected chi connectivity index (χ0v) is 18.2. The second-order valence-electron chi connectivity index (χ2n) is 7.16. The molecule has 2 rings (SSSR count). The molecule has 2 aromatic rings. The van der Waals surface area contributed by atoms with Crippen LogP contribution in [0.3, 0.4) is 0 Å². The molecule has 6 heteroatoms.